The summed E-state index contributed by atoms with van der Waals surface area (Å²) in [6.07, 6.45) is 4.33. The molecule has 2 N–H and O–H groups in total. The third kappa shape index (κ3) is 3.47. The number of carbonyl (C=O) groups is 1. The highest BCUT2D eigenvalue weighted by Crippen LogP contribution is 2.20. The van der Waals surface area contributed by atoms with E-state index in [4.69, 9.17) is 4.74 Å². The highest BCUT2D eigenvalue weighted by Gasteiger charge is 2.23. The van der Waals surface area contributed by atoms with E-state index in [1.807, 2.05) is 24.3 Å². The number of rotatable bonds is 4. The summed E-state index contributed by atoms with van der Waals surface area (Å²) in [4.78, 5) is 11.8. The lowest BCUT2D eigenvalue weighted by molar-refractivity contribution is 0.0904. The second-order valence-corrected chi connectivity index (χ2v) is 5.36. The van der Waals surface area contributed by atoms with E-state index in [0.717, 1.165) is 50.1 Å². The van der Waals surface area contributed by atoms with Crippen molar-refractivity contribution in [3.05, 3.63) is 29.8 Å². The molecule has 2 fully saturated rings. The van der Waals surface area contributed by atoms with Crippen LogP contribution in [0.4, 0.5) is 5.69 Å². The summed E-state index contributed by atoms with van der Waals surface area (Å²) < 4.78 is 5.34. The van der Waals surface area contributed by atoms with Crippen LogP contribution in [0.3, 0.4) is 0 Å². The summed E-state index contributed by atoms with van der Waals surface area (Å²) in [5.74, 6) is 0.0418. The quantitative estimate of drug-likeness (QED) is 0.872. The molecule has 102 valence electrons. The summed E-state index contributed by atoms with van der Waals surface area (Å²) in [6, 6.07) is 8.64. The van der Waals surface area contributed by atoms with Crippen LogP contribution >= 0.6 is 0 Å². The van der Waals surface area contributed by atoms with Crippen molar-refractivity contribution in [3.8, 4) is 0 Å². The van der Waals surface area contributed by atoms with Crippen molar-refractivity contribution in [1.82, 2.24) is 5.32 Å². The minimum Gasteiger partial charge on any atom is -0.382 e. The van der Waals surface area contributed by atoms with Crippen LogP contribution in [-0.2, 0) is 4.74 Å². The van der Waals surface area contributed by atoms with E-state index in [2.05, 4.69) is 10.6 Å². The van der Waals surface area contributed by atoms with E-state index in [9.17, 15) is 4.79 Å². The lowest BCUT2D eigenvalue weighted by atomic mass is 10.1. The normalized spacial score (nSPS) is 20.0. The highest BCUT2D eigenvalue weighted by molar-refractivity contribution is 5.94. The van der Waals surface area contributed by atoms with Crippen molar-refractivity contribution in [1.29, 1.82) is 0 Å². The van der Waals surface area contributed by atoms with E-state index in [1.165, 1.54) is 0 Å². The second-order valence-electron chi connectivity index (χ2n) is 5.36. The van der Waals surface area contributed by atoms with E-state index in [1.54, 1.807) is 0 Å². The molecule has 1 saturated heterocycles. The Bertz CT molecular complexity index is 434. The summed E-state index contributed by atoms with van der Waals surface area (Å²) in [6.45, 7) is 1.67. The first-order valence-corrected chi connectivity index (χ1v) is 7.06. The lowest BCUT2D eigenvalue weighted by Crippen LogP contribution is -2.28. The molecule has 1 aliphatic carbocycles. The van der Waals surface area contributed by atoms with Gasteiger partial charge in [0, 0.05) is 36.5 Å². The molecule has 19 heavy (non-hydrogen) atoms. The fourth-order valence-electron chi connectivity index (χ4n) is 2.29. The van der Waals surface area contributed by atoms with E-state index in [0.29, 0.717) is 12.1 Å². The van der Waals surface area contributed by atoms with Gasteiger partial charge in [0.15, 0.2) is 0 Å². The number of hydrogen-bond donors (Lipinski definition) is 2. The van der Waals surface area contributed by atoms with E-state index < -0.39 is 0 Å². The second kappa shape index (κ2) is 5.61. The zero-order chi connectivity index (χ0) is 13.1. The third-order valence-electron chi connectivity index (χ3n) is 3.65. The molecule has 0 unspecified atom stereocenters. The van der Waals surface area contributed by atoms with Crippen molar-refractivity contribution in [2.45, 2.75) is 37.8 Å². The molecule has 3 rings (SSSR count). The van der Waals surface area contributed by atoms with Gasteiger partial charge in [0.05, 0.1) is 0 Å². The Morgan fingerprint density at radius 1 is 1.00 bits per heavy atom. The summed E-state index contributed by atoms with van der Waals surface area (Å²) >= 11 is 0. The van der Waals surface area contributed by atoms with Crippen molar-refractivity contribution < 1.29 is 9.53 Å². The Labute approximate surface area is 113 Å². The molecule has 1 saturated carbocycles. The zero-order valence-corrected chi connectivity index (χ0v) is 11.0. The minimum atomic E-state index is 0.0418. The molecule has 4 heteroatoms. The molecule has 0 radical (unpaired) electrons. The van der Waals surface area contributed by atoms with Gasteiger partial charge in [0.25, 0.3) is 5.91 Å². The standard InChI is InChI=1S/C15H20N2O2/c18-15(17-13-5-6-13)11-1-3-12(4-2-11)16-14-7-9-19-10-8-14/h1-4,13-14,16H,5-10H2,(H,17,18). The van der Waals surface area contributed by atoms with Gasteiger partial charge in [-0.3, -0.25) is 4.79 Å². The van der Waals surface area contributed by atoms with Crippen LogP contribution in [0.2, 0.25) is 0 Å². The number of amides is 1. The maximum absolute atomic E-state index is 11.8. The molecule has 1 aromatic rings. The average Bonchev–Trinajstić information content (AvgIpc) is 3.25. The molecule has 4 nitrogen and oxygen atoms in total. The molecular formula is C15H20N2O2. The Hall–Kier alpha value is -1.55. The van der Waals surface area contributed by atoms with Crippen molar-refractivity contribution in [3.63, 3.8) is 0 Å². The lowest BCUT2D eigenvalue weighted by Gasteiger charge is -2.24. The third-order valence-corrected chi connectivity index (χ3v) is 3.65. The Morgan fingerprint density at radius 3 is 2.32 bits per heavy atom. The van der Waals surface area contributed by atoms with Gasteiger partial charge >= 0.3 is 0 Å². The van der Waals surface area contributed by atoms with Crippen LogP contribution in [0.1, 0.15) is 36.0 Å². The predicted octanol–water partition coefficient (Wildman–Crippen LogP) is 2.17. The van der Waals surface area contributed by atoms with Gasteiger partial charge in [0.1, 0.15) is 0 Å². The Kier molecular flexibility index (Phi) is 3.69. The van der Waals surface area contributed by atoms with Crippen molar-refractivity contribution in [2.75, 3.05) is 18.5 Å². The summed E-state index contributed by atoms with van der Waals surface area (Å²) in [7, 11) is 0. The van der Waals surface area contributed by atoms with Crippen LogP contribution in [0.25, 0.3) is 0 Å². The molecule has 0 spiro atoms. The Balaban J connectivity index is 1.56. The van der Waals surface area contributed by atoms with Gasteiger partial charge in [0.2, 0.25) is 0 Å². The Morgan fingerprint density at radius 2 is 1.68 bits per heavy atom. The number of hydrogen-bond acceptors (Lipinski definition) is 3. The maximum atomic E-state index is 11.8. The number of ether oxygens (including phenoxy) is 1. The van der Waals surface area contributed by atoms with Gasteiger partial charge in [-0.2, -0.15) is 0 Å². The topological polar surface area (TPSA) is 50.4 Å². The van der Waals surface area contributed by atoms with Crippen LogP contribution in [0, 0.1) is 0 Å². The van der Waals surface area contributed by atoms with Crippen LogP contribution < -0.4 is 10.6 Å². The molecule has 2 aliphatic rings. The number of carbonyl (C=O) groups excluding carboxylic acids is 1. The van der Waals surface area contributed by atoms with E-state index >= 15 is 0 Å². The molecule has 0 bridgehead atoms. The zero-order valence-electron chi connectivity index (χ0n) is 11.0. The summed E-state index contributed by atoms with van der Waals surface area (Å²) in [5.41, 5.74) is 1.82. The van der Waals surface area contributed by atoms with Gasteiger partial charge in [-0.05, 0) is 49.9 Å². The van der Waals surface area contributed by atoms with Crippen LogP contribution in [0.15, 0.2) is 24.3 Å². The fraction of sp³-hybridized carbons (Fsp3) is 0.533. The van der Waals surface area contributed by atoms with Gasteiger partial charge < -0.3 is 15.4 Å². The van der Waals surface area contributed by atoms with Crippen LogP contribution in [-0.4, -0.2) is 31.2 Å². The first-order valence-electron chi connectivity index (χ1n) is 7.06. The van der Waals surface area contributed by atoms with Gasteiger partial charge in [-0.25, -0.2) is 0 Å². The average molecular weight is 260 g/mol. The first-order chi connectivity index (χ1) is 9.31. The minimum absolute atomic E-state index is 0.0418. The van der Waals surface area contributed by atoms with E-state index in [-0.39, 0.29) is 5.91 Å². The van der Waals surface area contributed by atoms with Gasteiger partial charge in [-0.15, -0.1) is 0 Å². The number of benzene rings is 1. The number of anilines is 1. The highest BCUT2D eigenvalue weighted by atomic mass is 16.5. The number of nitrogens with one attached hydrogen (secondary N) is 2. The van der Waals surface area contributed by atoms with Crippen LogP contribution in [0.5, 0.6) is 0 Å². The maximum Gasteiger partial charge on any atom is 0.251 e. The SMILES string of the molecule is O=C(NC1CC1)c1ccc(NC2CCOCC2)cc1. The molecule has 1 heterocycles. The fourth-order valence-corrected chi connectivity index (χ4v) is 2.29. The monoisotopic (exact) mass is 260 g/mol. The smallest absolute Gasteiger partial charge is 0.251 e. The largest absolute Gasteiger partial charge is 0.382 e. The first kappa shape index (κ1) is 12.5. The molecule has 1 aliphatic heterocycles. The molecular weight excluding hydrogens is 240 g/mol. The molecule has 1 amide bonds. The summed E-state index contributed by atoms with van der Waals surface area (Å²) in [5, 5.41) is 6.48. The van der Waals surface area contributed by atoms with Crippen molar-refractivity contribution in [2.24, 2.45) is 0 Å². The van der Waals surface area contributed by atoms with Gasteiger partial charge in [-0.1, -0.05) is 0 Å². The predicted molar refractivity (Wildman–Crippen MR) is 74.4 cm³/mol. The van der Waals surface area contributed by atoms with Crippen molar-refractivity contribution >= 4 is 11.6 Å². The molecule has 0 atom stereocenters. The molecule has 1 aromatic carbocycles. The molecule has 0 aromatic heterocycles.